The molecule has 1 unspecified atom stereocenters. The summed E-state index contributed by atoms with van der Waals surface area (Å²) in [5.74, 6) is 1.96. The van der Waals surface area contributed by atoms with Crippen LogP contribution in [0.15, 0.2) is 18.2 Å². The highest BCUT2D eigenvalue weighted by Crippen LogP contribution is 2.36. The molecule has 0 aromatic heterocycles. The maximum Gasteiger partial charge on any atom is 0.203 e. The average molecular weight is 268 g/mol. The second kappa shape index (κ2) is 7.86. The van der Waals surface area contributed by atoms with Gasteiger partial charge in [0.2, 0.25) is 5.75 Å². The SMILES string of the molecule is COc1cccc(OCCC(N)CN(C)C)c1OC. The lowest BCUT2D eigenvalue weighted by Crippen LogP contribution is -2.34. The Labute approximate surface area is 115 Å². The monoisotopic (exact) mass is 268 g/mol. The summed E-state index contributed by atoms with van der Waals surface area (Å²) in [6.45, 7) is 1.40. The lowest BCUT2D eigenvalue weighted by Gasteiger charge is -2.18. The lowest BCUT2D eigenvalue weighted by atomic mass is 10.2. The van der Waals surface area contributed by atoms with Gasteiger partial charge < -0.3 is 24.8 Å². The molecule has 0 aliphatic heterocycles. The zero-order chi connectivity index (χ0) is 14.3. The van der Waals surface area contributed by atoms with Crippen molar-refractivity contribution in [3.63, 3.8) is 0 Å². The van der Waals surface area contributed by atoms with Gasteiger partial charge in [-0.25, -0.2) is 0 Å². The largest absolute Gasteiger partial charge is 0.493 e. The average Bonchev–Trinajstić information content (AvgIpc) is 2.37. The number of ether oxygens (including phenoxy) is 3. The van der Waals surface area contributed by atoms with Crippen LogP contribution in [-0.2, 0) is 0 Å². The second-order valence-electron chi connectivity index (χ2n) is 4.65. The van der Waals surface area contributed by atoms with Crippen LogP contribution in [0.25, 0.3) is 0 Å². The fraction of sp³-hybridized carbons (Fsp3) is 0.571. The first-order valence-electron chi connectivity index (χ1n) is 6.32. The van der Waals surface area contributed by atoms with E-state index >= 15 is 0 Å². The Hall–Kier alpha value is -1.46. The lowest BCUT2D eigenvalue weighted by molar-refractivity contribution is 0.260. The Morgan fingerprint density at radius 3 is 2.42 bits per heavy atom. The summed E-state index contributed by atoms with van der Waals surface area (Å²) >= 11 is 0. The summed E-state index contributed by atoms with van der Waals surface area (Å²) in [6.07, 6.45) is 0.790. The van der Waals surface area contributed by atoms with Gasteiger partial charge in [0.1, 0.15) is 0 Å². The zero-order valence-electron chi connectivity index (χ0n) is 12.2. The molecular formula is C14H24N2O3. The van der Waals surface area contributed by atoms with Gasteiger partial charge in [-0.3, -0.25) is 0 Å². The topological polar surface area (TPSA) is 57.0 Å². The van der Waals surface area contributed by atoms with Crippen LogP contribution < -0.4 is 19.9 Å². The van der Waals surface area contributed by atoms with Crippen LogP contribution in [0.4, 0.5) is 0 Å². The third-order valence-electron chi connectivity index (χ3n) is 2.71. The molecule has 1 aromatic carbocycles. The molecule has 0 heterocycles. The van der Waals surface area contributed by atoms with Crippen molar-refractivity contribution in [1.29, 1.82) is 0 Å². The van der Waals surface area contributed by atoms with Crippen LogP contribution in [0.5, 0.6) is 17.2 Å². The standard InChI is InChI=1S/C14H24N2O3/c1-16(2)10-11(15)8-9-19-13-7-5-6-12(17-3)14(13)18-4/h5-7,11H,8-10,15H2,1-4H3. The second-order valence-corrected chi connectivity index (χ2v) is 4.65. The Kier molecular flexibility index (Phi) is 6.45. The van der Waals surface area contributed by atoms with E-state index in [1.54, 1.807) is 14.2 Å². The Morgan fingerprint density at radius 2 is 1.84 bits per heavy atom. The number of likely N-dealkylation sites (N-methyl/N-ethyl adjacent to an activating group) is 1. The predicted molar refractivity (Wildman–Crippen MR) is 76.2 cm³/mol. The number of hydrogen-bond donors (Lipinski definition) is 1. The Bertz CT molecular complexity index is 383. The molecule has 0 amide bonds. The van der Waals surface area contributed by atoms with Crippen molar-refractivity contribution in [1.82, 2.24) is 4.90 Å². The van der Waals surface area contributed by atoms with Gasteiger partial charge in [0.05, 0.1) is 20.8 Å². The summed E-state index contributed by atoms with van der Waals surface area (Å²) in [5, 5.41) is 0. The molecule has 5 nitrogen and oxygen atoms in total. The minimum absolute atomic E-state index is 0.103. The maximum atomic E-state index is 5.99. The van der Waals surface area contributed by atoms with Gasteiger partial charge in [-0.15, -0.1) is 0 Å². The number of benzene rings is 1. The summed E-state index contributed by atoms with van der Waals surface area (Å²) in [5.41, 5.74) is 5.99. The highest BCUT2D eigenvalue weighted by Gasteiger charge is 2.11. The molecule has 0 spiro atoms. The minimum atomic E-state index is 0.103. The van der Waals surface area contributed by atoms with Crippen molar-refractivity contribution < 1.29 is 14.2 Å². The maximum absolute atomic E-state index is 5.99. The number of hydrogen-bond acceptors (Lipinski definition) is 5. The predicted octanol–water partition coefficient (Wildman–Crippen LogP) is 1.36. The van der Waals surface area contributed by atoms with E-state index < -0.39 is 0 Å². The van der Waals surface area contributed by atoms with Gasteiger partial charge in [-0.05, 0) is 32.6 Å². The van der Waals surface area contributed by atoms with E-state index in [9.17, 15) is 0 Å². The van der Waals surface area contributed by atoms with Crippen LogP contribution in [-0.4, -0.2) is 52.4 Å². The molecule has 0 aliphatic carbocycles. The van der Waals surface area contributed by atoms with E-state index in [0.717, 1.165) is 13.0 Å². The number of nitrogens with zero attached hydrogens (tertiary/aromatic N) is 1. The summed E-state index contributed by atoms with van der Waals surface area (Å²) in [4.78, 5) is 2.07. The number of para-hydroxylation sites is 1. The molecule has 0 radical (unpaired) electrons. The first kappa shape index (κ1) is 15.6. The third-order valence-corrected chi connectivity index (χ3v) is 2.71. The molecule has 0 saturated heterocycles. The zero-order valence-corrected chi connectivity index (χ0v) is 12.2. The van der Waals surface area contributed by atoms with Crippen molar-refractivity contribution >= 4 is 0 Å². The molecular weight excluding hydrogens is 244 g/mol. The number of methoxy groups -OCH3 is 2. The van der Waals surface area contributed by atoms with E-state index in [1.807, 2.05) is 32.3 Å². The number of rotatable bonds is 8. The van der Waals surface area contributed by atoms with E-state index in [2.05, 4.69) is 4.90 Å². The highest BCUT2D eigenvalue weighted by atomic mass is 16.5. The van der Waals surface area contributed by atoms with Gasteiger partial charge in [-0.1, -0.05) is 6.07 Å². The fourth-order valence-corrected chi connectivity index (χ4v) is 1.85. The summed E-state index contributed by atoms with van der Waals surface area (Å²) in [7, 11) is 7.22. The first-order chi connectivity index (χ1) is 9.08. The van der Waals surface area contributed by atoms with E-state index in [0.29, 0.717) is 23.9 Å². The van der Waals surface area contributed by atoms with Crippen LogP contribution in [0.1, 0.15) is 6.42 Å². The van der Waals surface area contributed by atoms with Crippen molar-refractivity contribution in [3.05, 3.63) is 18.2 Å². The van der Waals surface area contributed by atoms with Gasteiger partial charge >= 0.3 is 0 Å². The van der Waals surface area contributed by atoms with Gasteiger partial charge in [0.25, 0.3) is 0 Å². The van der Waals surface area contributed by atoms with Gasteiger partial charge in [-0.2, -0.15) is 0 Å². The third kappa shape index (κ3) is 4.96. The Morgan fingerprint density at radius 1 is 1.16 bits per heavy atom. The minimum Gasteiger partial charge on any atom is -0.493 e. The van der Waals surface area contributed by atoms with Crippen molar-refractivity contribution in [2.24, 2.45) is 5.73 Å². The molecule has 19 heavy (non-hydrogen) atoms. The highest BCUT2D eigenvalue weighted by molar-refractivity contribution is 5.50. The molecule has 2 N–H and O–H groups in total. The van der Waals surface area contributed by atoms with Crippen molar-refractivity contribution in [3.8, 4) is 17.2 Å². The van der Waals surface area contributed by atoms with Crippen LogP contribution in [0.2, 0.25) is 0 Å². The summed E-state index contributed by atoms with van der Waals surface area (Å²) < 4.78 is 16.2. The molecule has 1 aromatic rings. The Balaban J connectivity index is 2.53. The van der Waals surface area contributed by atoms with Crippen LogP contribution in [0.3, 0.4) is 0 Å². The first-order valence-corrected chi connectivity index (χ1v) is 6.32. The van der Waals surface area contributed by atoms with E-state index in [-0.39, 0.29) is 6.04 Å². The quantitative estimate of drug-likeness (QED) is 0.771. The fourth-order valence-electron chi connectivity index (χ4n) is 1.85. The molecule has 0 bridgehead atoms. The normalized spacial score (nSPS) is 12.3. The van der Waals surface area contributed by atoms with Crippen molar-refractivity contribution in [2.45, 2.75) is 12.5 Å². The van der Waals surface area contributed by atoms with Crippen LogP contribution >= 0.6 is 0 Å². The van der Waals surface area contributed by atoms with Crippen molar-refractivity contribution in [2.75, 3.05) is 41.5 Å². The molecule has 0 fully saturated rings. The molecule has 5 heteroatoms. The van der Waals surface area contributed by atoms with Crippen LogP contribution in [0, 0.1) is 0 Å². The van der Waals surface area contributed by atoms with Gasteiger partial charge in [0.15, 0.2) is 11.5 Å². The van der Waals surface area contributed by atoms with Gasteiger partial charge in [0, 0.05) is 12.6 Å². The molecule has 0 saturated carbocycles. The van der Waals surface area contributed by atoms with E-state index in [4.69, 9.17) is 19.9 Å². The molecule has 1 rings (SSSR count). The molecule has 1 atom stereocenters. The smallest absolute Gasteiger partial charge is 0.203 e. The summed E-state index contributed by atoms with van der Waals surface area (Å²) in [6, 6.07) is 5.67. The molecule has 108 valence electrons. The number of nitrogens with two attached hydrogens (primary N) is 1. The van der Waals surface area contributed by atoms with E-state index in [1.165, 1.54) is 0 Å². The molecule has 0 aliphatic rings.